The molecular weight excluding hydrogens is 152 g/mol. The van der Waals surface area contributed by atoms with E-state index in [1.165, 1.54) is 25.7 Å². The second-order valence-electron chi connectivity index (χ2n) is 4.15. The van der Waals surface area contributed by atoms with Gasteiger partial charge in [0.15, 0.2) is 0 Å². The fraction of sp³-hybridized carbons (Fsp3) is 1.00. The van der Waals surface area contributed by atoms with Crippen LogP contribution in [0.1, 0.15) is 38.5 Å². The molecule has 0 aromatic carbocycles. The minimum absolute atomic E-state index is 0.0222. The highest BCUT2D eigenvalue weighted by molar-refractivity contribution is 4.80. The van der Waals surface area contributed by atoms with Crippen LogP contribution in [-0.4, -0.2) is 23.9 Å². The summed E-state index contributed by atoms with van der Waals surface area (Å²) in [5.41, 5.74) is 0. The van der Waals surface area contributed by atoms with Crippen LogP contribution >= 0.6 is 0 Å². The Morgan fingerprint density at radius 2 is 1.58 bits per heavy atom. The lowest BCUT2D eigenvalue weighted by Crippen LogP contribution is -2.16. The van der Waals surface area contributed by atoms with Crippen molar-refractivity contribution in [3.05, 3.63) is 0 Å². The third-order valence-electron chi connectivity index (χ3n) is 3.11. The van der Waals surface area contributed by atoms with Gasteiger partial charge in [0.2, 0.25) is 0 Å². The van der Waals surface area contributed by atoms with Gasteiger partial charge in [-0.05, 0) is 31.6 Å². The van der Waals surface area contributed by atoms with Crippen molar-refractivity contribution in [2.75, 3.05) is 6.61 Å². The summed E-state index contributed by atoms with van der Waals surface area (Å²) in [5.74, 6) is 0.803. The lowest BCUT2D eigenvalue weighted by Gasteiger charge is -2.20. The summed E-state index contributed by atoms with van der Waals surface area (Å²) >= 11 is 0. The van der Waals surface area contributed by atoms with Crippen molar-refractivity contribution in [2.45, 2.75) is 50.7 Å². The Kier molecular flexibility index (Phi) is 2.66. The van der Waals surface area contributed by atoms with E-state index in [9.17, 15) is 5.11 Å². The van der Waals surface area contributed by atoms with Crippen molar-refractivity contribution < 1.29 is 9.84 Å². The van der Waals surface area contributed by atoms with Crippen molar-refractivity contribution in [1.29, 1.82) is 0 Å². The fourth-order valence-corrected chi connectivity index (χ4v) is 2.22. The molecule has 1 saturated heterocycles. The monoisotopic (exact) mass is 170 g/mol. The first-order valence-electron chi connectivity index (χ1n) is 5.16. The average molecular weight is 170 g/mol. The molecule has 1 N–H and O–H groups in total. The smallest absolute Gasteiger partial charge is 0.0838 e. The normalized spacial score (nSPS) is 43.2. The molecule has 2 fully saturated rings. The van der Waals surface area contributed by atoms with E-state index in [-0.39, 0.29) is 6.10 Å². The van der Waals surface area contributed by atoms with Crippen LogP contribution in [0.15, 0.2) is 0 Å². The zero-order valence-corrected chi connectivity index (χ0v) is 7.54. The number of epoxide rings is 1. The first kappa shape index (κ1) is 8.52. The molecule has 1 aliphatic heterocycles. The van der Waals surface area contributed by atoms with Gasteiger partial charge < -0.3 is 9.84 Å². The van der Waals surface area contributed by atoms with E-state index in [0.717, 1.165) is 25.4 Å². The molecule has 1 aliphatic carbocycles. The van der Waals surface area contributed by atoms with Gasteiger partial charge >= 0.3 is 0 Å². The van der Waals surface area contributed by atoms with Gasteiger partial charge in [-0.2, -0.15) is 0 Å². The maximum Gasteiger partial charge on any atom is 0.0838 e. The number of rotatable bonds is 1. The lowest BCUT2D eigenvalue weighted by molar-refractivity contribution is 0.129. The maximum atomic E-state index is 9.42. The zero-order valence-electron chi connectivity index (χ0n) is 7.54. The van der Waals surface area contributed by atoms with Gasteiger partial charge in [-0.1, -0.05) is 12.8 Å². The van der Waals surface area contributed by atoms with E-state index in [1.807, 2.05) is 0 Å². The van der Waals surface area contributed by atoms with E-state index in [4.69, 9.17) is 4.74 Å². The number of aliphatic hydroxyl groups excluding tert-OH is 1. The Morgan fingerprint density at radius 3 is 2.08 bits per heavy atom. The van der Waals surface area contributed by atoms with Gasteiger partial charge in [0.1, 0.15) is 0 Å². The van der Waals surface area contributed by atoms with Gasteiger partial charge in [-0.25, -0.2) is 0 Å². The molecule has 0 aromatic rings. The zero-order chi connectivity index (χ0) is 8.39. The second kappa shape index (κ2) is 3.75. The minimum atomic E-state index is -0.0222. The van der Waals surface area contributed by atoms with Gasteiger partial charge in [0, 0.05) is 0 Å². The molecule has 0 spiro atoms. The molecular formula is C10H18O2. The average Bonchev–Trinajstić information content (AvgIpc) is 2.79. The number of ether oxygens (including phenoxy) is 1. The highest BCUT2D eigenvalue weighted by Crippen LogP contribution is 2.31. The Balaban J connectivity index is 1.77. The molecule has 1 unspecified atom stereocenters. The first-order valence-corrected chi connectivity index (χ1v) is 5.16. The highest BCUT2D eigenvalue weighted by Gasteiger charge is 2.32. The SMILES string of the molecule is OC1CCCC(C2CO2)CCC1. The quantitative estimate of drug-likeness (QED) is 0.608. The first-order chi connectivity index (χ1) is 5.86. The minimum Gasteiger partial charge on any atom is -0.393 e. The Labute approximate surface area is 73.9 Å². The molecule has 0 amide bonds. The van der Waals surface area contributed by atoms with Crippen molar-refractivity contribution in [1.82, 2.24) is 0 Å². The molecule has 0 bridgehead atoms. The number of aliphatic hydroxyl groups is 1. The summed E-state index contributed by atoms with van der Waals surface area (Å²) in [5, 5.41) is 9.42. The fourth-order valence-electron chi connectivity index (χ4n) is 2.22. The lowest BCUT2D eigenvalue weighted by atomic mass is 9.88. The van der Waals surface area contributed by atoms with Crippen LogP contribution in [0.4, 0.5) is 0 Å². The second-order valence-corrected chi connectivity index (χ2v) is 4.15. The number of hydrogen-bond acceptors (Lipinski definition) is 2. The summed E-state index contributed by atoms with van der Waals surface area (Å²) in [6, 6.07) is 0. The molecule has 2 heteroatoms. The highest BCUT2D eigenvalue weighted by atomic mass is 16.6. The predicted octanol–water partition coefficient (Wildman–Crippen LogP) is 1.72. The molecule has 1 atom stereocenters. The molecule has 12 heavy (non-hydrogen) atoms. The maximum absolute atomic E-state index is 9.42. The third-order valence-corrected chi connectivity index (χ3v) is 3.11. The largest absolute Gasteiger partial charge is 0.393 e. The van der Waals surface area contributed by atoms with Crippen molar-refractivity contribution in [2.24, 2.45) is 5.92 Å². The molecule has 2 rings (SSSR count). The predicted molar refractivity (Wildman–Crippen MR) is 46.9 cm³/mol. The molecule has 1 heterocycles. The van der Waals surface area contributed by atoms with E-state index in [2.05, 4.69) is 0 Å². The van der Waals surface area contributed by atoms with Crippen LogP contribution in [0.25, 0.3) is 0 Å². The summed E-state index contributed by atoms with van der Waals surface area (Å²) in [6.45, 7) is 0.993. The molecule has 0 radical (unpaired) electrons. The van der Waals surface area contributed by atoms with Gasteiger partial charge in [0.25, 0.3) is 0 Å². The van der Waals surface area contributed by atoms with Crippen molar-refractivity contribution in [3.8, 4) is 0 Å². The van der Waals surface area contributed by atoms with Crippen LogP contribution < -0.4 is 0 Å². The van der Waals surface area contributed by atoms with Gasteiger partial charge in [-0.15, -0.1) is 0 Å². The van der Waals surface area contributed by atoms with Crippen LogP contribution in [0, 0.1) is 5.92 Å². The van der Waals surface area contributed by atoms with E-state index in [0.29, 0.717) is 6.10 Å². The van der Waals surface area contributed by atoms with E-state index < -0.39 is 0 Å². The summed E-state index contributed by atoms with van der Waals surface area (Å²) in [7, 11) is 0. The molecule has 1 saturated carbocycles. The van der Waals surface area contributed by atoms with E-state index in [1.54, 1.807) is 0 Å². The Bertz CT molecular complexity index is 133. The van der Waals surface area contributed by atoms with Crippen LogP contribution in [0.5, 0.6) is 0 Å². The van der Waals surface area contributed by atoms with Crippen molar-refractivity contribution >= 4 is 0 Å². The van der Waals surface area contributed by atoms with Gasteiger partial charge in [-0.3, -0.25) is 0 Å². The Hall–Kier alpha value is -0.0800. The number of hydrogen-bond donors (Lipinski definition) is 1. The molecule has 2 nitrogen and oxygen atoms in total. The van der Waals surface area contributed by atoms with Crippen molar-refractivity contribution in [3.63, 3.8) is 0 Å². The standard InChI is InChI=1S/C10H18O2/c11-9-5-1-3-8(4-2-6-9)10-7-12-10/h8-11H,1-7H2. The molecule has 2 aliphatic rings. The molecule has 70 valence electrons. The van der Waals surface area contributed by atoms with Crippen LogP contribution in [0.3, 0.4) is 0 Å². The van der Waals surface area contributed by atoms with Crippen LogP contribution in [0.2, 0.25) is 0 Å². The third kappa shape index (κ3) is 2.20. The summed E-state index contributed by atoms with van der Waals surface area (Å²) < 4.78 is 5.31. The summed E-state index contributed by atoms with van der Waals surface area (Å²) in [4.78, 5) is 0. The topological polar surface area (TPSA) is 32.8 Å². The van der Waals surface area contributed by atoms with E-state index >= 15 is 0 Å². The Morgan fingerprint density at radius 1 is 1.00 bits per heavy atom. The molecule has 0 aromatic heterocycles. The van der Waals surface area contributed by atoms with Crippen LogP contribution in [-0.2, 0) is 4.74 Å². The van der Waals surface area contributed by atoms with Gasteiger partial charge in [0.05, 0.1) is 18.8 Å². The summed E-state index contributed by atoms with van der Waals surface area (Å²) in [6.07, 6.45) is 7.47.